The van der Waals surface area contributed by atoms with E-state index in [0.717, 1.165) is 10.0 Å². The van der Waals surface area contributed by atoms with Crippen LogP contribution in [-0.4, -0.2) is 9.38 Å². The van der Waals surface area contributed by atoms with E-state index in [4.69, 9.17) is 0 Å². The van der Waals surface area contributed by atoms with Crippen LogP contribution in [0.1, 0.15) is 16.7 Å². The highest BCUT2D eigenvalue weighted by Crippen LogP contribution is 2.12. The zero-order valence-electron chi connectivity index (χ0n) is 11.0. The van der Waals surface area contributed by atoms with E-state index >= 15 is 0 Å². The van der Waals surface area contributed by atoms with Crippen molar-refractivity contribution in [2.45, 2.75) is 13.3 Å². The fourth-order valence-corrected chi connectivity index (χ4v) is 2.48. The summed E-state index contributed by atoms with van der Waals surface area (Å²) in [6.45, 7) is 2.05. The van der Waals surface area contributed by atoms with Gasteiger partial charge >= 0.3 is 0 Å². The van der Waals surface area contributed by atoms with E-state index in [9.17, 15) is 4.79 Å². The summed E-state index contributed by atoms with van der Waals surface area (Å²) in [5.74, 6) is 0. The second-order valence-electron chi connectivity index (χ2n) is 4.85. The Bertz CT molecular complexity index is 822. The largest absolute Gasteiger partial charge is 0.307 e. The van der Waals surface area contributed by atoms with Gasteiger partial charge in [-0.25, -0.2) is 0 Å². The highest BCUT2D eigenvalue weighted by atomic mass is 79.9. The van der Waals surface area contributed by atoms with Crippen molar-refractivity contribution in [1.29, 1.82) is 0 Å². The number of aromatic nitrogens is 2. The normalized spacial score (nSPS) is 10.9. The number of rotatable bonds is 2. The first-order valence-electron chi connectivity index (χ1n) is 6.35. The van der Waals surface area contributed by atoms with E-state index in [-0.39, 0.29) is 5.56 Å². The maximum atomic E-state index is 12.1. The fraction of sp³-hybridized carbons (Fsp3) is 0.125. The van der Waals surface area contributed by atoms with Crippen LogP contribution in [0.2, 0.25) is 0 Å². The predicted octanol–water partition coefficient (Wildman–Crippen LogP) is 3.36. The molecule has 2 aromatic heterocycles. The number of benzene rings is 1. The van der Waals surface area contributed by atoms with Crippen LogP contribution < -0.4 is 5.56 Å². The van der Waals surface area contributed by atoms with Gasteiger partial charge in [0.2, 0.25) is 0 Å². The van der Waals surface area contributed by atoms with Crippen LogP contribution in [0.5, 0.6) is 0 Å². The minimum Gasteiger partial charge on any atom is -0.307 e. The summed E-state index contributed by atoms with van der Waals surface area (Å²) < 4.78 is 2.83. The quantitative estimate of drug-likeness (QED) is 0.723. The van der Waals surface area contributed by atoms with Crippen molar-refractivity contribution < 1.29 is 0 Å². The lowest BCUT2D eigenvalue weighted by molar-refractivity contribution is 0.999. The summed E-state index contributed by atoms with van der Waals surface area (Å²) in [4.78, 5) is 16.2. The van der Waals surface area contributed by atoms with Crippen molar-refractivity contribution in [2.24, 2.45) is 0 Å². The molecule has 0 radical (unpaired) electrons. The third-order valence-electron chi connectivity index (χ3n) is 3.22. The van der Waals surface area contributed by atoms with Gasteiger partial charge in [-0.15, -0.1) is 0 Å². The third kappa shape index (κ3) is 2.65. The first kappa shape index (κ1) is 13.1. The average Bonchev–Trinajstić information content (AvgIpc) is 2.42. The Morgan fingerprint density at radius 3 is 2.60 bits per heavy atom. The average molecular weight is 329 g/mol. The molecule has 0 fully saturated rings. The van der Waals surface area contributed by atoms with Gasteiger partial charge in [0.05, 0.1) is 0 Å². The molecule has 0 atom stereocenters. The van der Waals surface area contributed by atoms with E-state index in [1.807, 2.05) is 48.0 Å². The Kier molecular flexibility index (Phi) is 3.40. The number of aryl methyl sites for hydroxylation is 1. The van der Waals surface area contributed by atoms with Crippen LogP contribution in [0.4, 0.5) is 0 Å². The second-order valence-corrected chi connectivity index (χ2v) is 5.76. The molecular weight excluding hydrogens is 316 g/mol. The predicted molar refractivity (Wildman–Crippen MR) is 83.1 cm³/mol. The summed E-state index contributed by atoms with van der Waals surface area (Å²) in [6.07, 6.45) is 4.36. The van der Waals surface area contributed by atoms with E-state index in [0.29, 0.717) is 17.6 Å². The Morgan fingerprint density at radius 1 is 1.10 bits per heavy atom. The maximum Gasteiger partial charge on any atom is 0.276 e. The SMILES string of the molecule is Cc1ccc(Cc2cn3cc(Br)ccc3nc2=O)cc1. The minimum atomic E-state index is -0.159. The zero-order valence-corrected chi connectivity index (χ0v) is 12.6. The number of halogens is 1. The fourth-order valence-electron chi connectivity index (χ4n) is 2.13. The molecule has 100 valence electrons. The van der Waals surface area contributed by atoms with Crippen LogP contribution in [0.25, 0.3) is 5.65 Å². The van der Waals surface area contributed by atoms with E-state index in [1.54, 1.807) is 0 Å². The van der Waals surface area contributed by atoms with Gasteiger partial charge in [0, 0.05) is 28.9 Å². The number of hydrogen-bond donors (Lipinski definition) is 0. The Labute approximate surface area is 125 Å². The molecule has 0 aliphatic carbocycles. The first-order chi connectivity index (χ1) is 9.61. The van der Waals surface area contributed by atoms with E-state index in [2.05, 4.69) is 33.0 Å². The van der Waals surface area contributed by atoms with Crippen molar-refractivity contribution in [3.8, 4) is 0 Å². The molecule has 3 nitrogen and oxygen atoms in total. The number of hydrogen-bond acceptors (Lipinski definition) is 2. The molecular formula is C16H13BrN2O. The Morgan fingerprint density at radius 2 is 1.85 bits per heavy atom. The van der Waals surface area contributed by atoms with Crippen LogP contribution in [0.3, 0.4) is 0 Å². The summed E-state index contributed by atoms with van der Waals surface area (Å²) in [6, 6.07) is 11.9. The Balaban J connectivity index is 2.04. The van der Waals surface area contributed by atoms with E-state index < -0.39 is 0 Å². The van der Waals surface area contributed by atoms with Gasteiger partial charge in [-0.05, 0) is 40.5 Å². The van der Waals surface area contributed by atoms with Crippen LogP contribution in [-0.2, 0) is 6.42 Å². The standard InChI is InChI=1S/C16H13BrN2O/c1-11-2-4-12(5-3-11)8-13-9-19-10-14(17)6-7-15(19)18-16(13)20/h2-7,9-10H,8H2,1H3. The molecule has 0 saturated carbocycles. The van der Waals surface area contributed by atoms with Gasteiger partial charge in [0.1, 0.15) is 5.65 Å². The summed E-state index contributed by atoms with van der Waals surface area (Å²) in [5, 5.41) is 0. The van der Waals surface area contributed by atoms with Gasteiger partial charge in [-0.1, -0.05) is 29.8 Å². The van der Waals surface area contributed by atoms with Gasteiger partial charge in [-0.3, -0.25) is 4.79 Å². The van der Waals surface area contributed by atoms with Crippen molar-refractivity contribution in [2.75, 3.05) is 0 Å². The highest BCUT2D eigenvalue weighted by molar-refractivity contribution is 9.10. The van der Waals surface area contributed by atoms with E-state index in [1.165, 1.54) is 5.56 Å². The molecule has 2 heterocycles. The number of pyridine rings is 1. The lowest BCUT2D eigenvalue weighted by Crippen LogP contribution is -2.15. The van der Waals surface area contributed by atoms with Crippen molar-refractivity contribution >= 4 is 21.6 Å². The first-order valence-corrected chi connectivity index (χ1v) is 7.14. The Hall–Kier alpha value is -1.94. The van der Waals surface area contributed by atoms with Crippen LogP contribution >= 0.6 is 15.9 Å². The molecule has 0 amide bonds. The number of fused-ring (bicyclic) bond motifs is 1. The van der Waals surface area contributed by atoms with Gasteiger partial charge in [-0.2, -0.15) is 4.98 Å². The smallest absolute Gasteiger partial charge is 0.276 e. The molecule has 4 heteroatoms. The zero-order chi connectivity index (χ0) is 14.1. The van der Waals surface area contributed by atoms with Crippen molar-refractivity contribution in [3.63, 3.8) is 0 Å². The van der Waals surface area contributed by atoms with Crippen molar-refractivity contribution in [3.05, 3.63) is 80.3 Å². The summed E-state index contributed by atoms with van der Waals surface area (Å²) in [5.41, 5.74) is 3.53. The molecule has 20 heavy (non-hydrogen) atoms. The molecule has 0 aliphatic heterocycles. The molecule has 0 aliphatic rings. The maximum absolute atomic E-state index is 12.1. The molecule has 0 bridgehead atoms. The lowest BCUT2D eigenvalue weighted by Gasteiger charge is -2.05. The molecule has 0 saturated heterocycles. The third-order valence-corrected chi connectivity index (χ3v) is 3.69. The summed E-state index contributed by atoms with van der Waals surface area (Å²) in [7, 11) is 0. The van der Waals surface area contributed by atoms with Crippen LogP contribution in [0.15, 0.2) is 58.1 Å². The van der Waals surface area contributed by atoms with Gasteiger partial charge in [0.25, 0.3) is 5.56 Å². The molecule has 3 rings (SSSR count). The van der Waals surface area contributed by atoms with Crippen LogP contribution in [0, 0.1) is 6.92 Å². The van der Waals surface area contributed by atoms with Gasteiger partial charge in [0.15, 0.2) is 0 Å². The monoisotopic (exact) mass is 328 g/mol. The lowest BCUT2D eigenvalue weighted by atomic mass is 10.1. The minimum absolute atomic E-state index is 0.159. The molecule has 3 aromatic rings. The second kappa shape index (κ2) is 5.21. The molecule has 0 spiro atoms. The highest BCUT2D eigenvalue weighted by Gasteiger charge is 2.05. The molecule has 1 aromatic carbocycles. The van der Waals surface area contributed by atoms with Gasteiger partial charge < -0.3 is 4.40 Å². The number of nitrogens with zero attached hydrogens (tertiary/aromatic N) is 2. The topological polar surface area (TPSA) is 34.4 Å². The molecule has 0 unspecified atom stereocenters. The molecule has 0 N–H and O–H groups in total. The summed E-state index contributed by atoms with van der Waals surface area (Å²) >= 11 is 3.42. The van der Waals surface area contributed by atoms with Crippen molar-refractivity contribution in [1.82, 2.24) is 9.38 Å².